The molecule has 2 bridgehead atoms. The quantitative estimate of drug-likeness (QED) is 0.0465. The van der Waals surface area contributed by atoms with Gasteiger partial charge in [0, 0.05) is 29.9 Å². The zero-order valence-corrected chi connectivity index (χ0v) is 35.7. The first-order valence-corrected chi connectivity index (χ1v) is 19.4. The van der Waals surface area contributed by atoms with Crippen molar-refractivity contribution in [3.8, 4) is 11.8 Å². The average molecular weight is 999 g/mol. The van der Waals surface area contributed by atoms with E-state index in [0.717, 1.165) is 23.0 Å². The number of aromatic nitrogens is 2. The van der Waals surface area contributed by atoms with Gasteiger partial charge in [-0.25, -0.2) is 9.46 Å². The highest BCUT2D eigenvalue weighted by molar-refractivity contribution is 7.59. The van der Waals surface area contributed by atoms with Gasteiger partial charge in [0.15, 0.2) is 6.23 Å². The van der Waals surface area contributed by atoms with E-state index in [4.69, 9.17) is 28.0 Å². The van der Waals surface area contributed by atoms with E-state index >= 15 is 0 Å². The first-order chi connectivity index (χ1) is 26.5. The van der Waals surface area contributed by atoms with E-state index in [2.05, 4.69) is 15.7 Å². The van der Waals surface area contributed by atoms with Crippen LogP contribution in [0.25, 0.3) is 0 Å². The lowest BCUT2D eigenvalue weighted by Gasteiger charge is -2.43. The van der Waals surface area contributed by atoms with Gasteiger partial charge in [0.05, 0.1) is 38.9 Å². The van der Waals surface area contributed by atoms with E-state index in [1.54, 1.807) is 19.2 Å². The van der Waals surface area contributed by atoms with E-state index in [1.807, 2.05) is 101 Å². The maximum atomic E-state index is 13.3. The zero-order chi connectivity index (χ0) is 39.3. The second-order valence-electron chi connectivity index (χ2n) is 14.1. The summed E-state index contributed by atoms with van der Waals surface area (Å²) < 4.78 is 43.3. The SMILES string of the molecule is C.C.C.C.C.C.C.C.C.C.COc1ccc(C(OC[C@]23O[C@@H](n4ccc(=O)[nH]c4=O)[C@H](O[C@@H]2C)[C@@H]3OP(OCCC#N)N(C(C)C)C(C)C)(c2ccccc2)c2ccc(C=O)cc2)cc1.S.S. The predicted octanol–water partition coefficient (Wildman–Crippen LogP) is 12.7. The van der Waals surface area contributed by atoms with E-state index in [9.17, 15) is 19.6 Å². The summed E-state index contributed by atoms with van der Waals surface area (Å²) in [6.07, 6.45) is -0.948. The minimum Gasteiger partial charge on any atom is -0.497 e. The van der Waals surface area contributed by atoms with E-state index in [-0.39, 0.29) is 133 Å². The maximum absolute atomic E-state index is 13.3. The van der Waals surface area contributed by atoms with Crippen LogP contribution in [0.2, 0.25) is 0 Å². The Morgan fingerprint density at radius 3 is 1.84 bits per heavy atom. The summed E-state index contributed by atoms with van der Waals surface area (Å²) in [5.74, 6) is 0.660. The molecule has 3 heterocycles. The lowest BCUT2D eigenvalue weighted by atomic mass is 9.79. The van der Waals surface area contributed by atoms with Crippen LogP contribution < -0.4 is 16.0 Å². The van der Waals surface area contributed by atoms with Gasteiger partial charge in [-0.1, -0.05) is 141 Å². The number of aromatic amines is 1. The first kappa shape index (κ1) is 77.4. The third-order valence-corrected chi connectivity index (χ3v) is 12.2. The van der Waals surface area contributed by atoms with Gasteiger partial charge in [-0.3, -0.25) is 19.1 Å². The molecule has 0 spiro atoms. The molecule has 2 aliphatic rings. The molecule has 0 saturated carbocycles. The molecule has 386 valence electrons. The molecule has 67 heavy (non-hydrogen) atoms. The Morgan fingerprint density at radius 1 is 0.836 bits per heavy atom. The van der Waals surface area contributed by atoms with Crippen molar-refractivity contribution in [2.75, 3.05) is 20.3 Å². The van der Waals surface area contributed by atoms with Crippen LogP contribution in [0.4, 0.5) is 0 Å². The van der Waals surface area contributed by atoms with Gasteiger partial charge in [-0.2, -0.15) is 32.3 Å². The van der Waals surface area contributed by atoms with Crippen LogP contribution in [-0.4, -0.2) is 76.8 Å². The van der Waals surface area contributed by atoms with Crippen LogP contribution in [0.3, 0.4) is 0 Å². The van der Waals surface area contributed by atoms with Gasteiger partial charge in [0.25, 0.3) is 14.1 Å². The van der Waals surface area contributed by atoms with Gasteiger partial charge >= 0.3 is 5.69 Å². The molecule has 2 unspecified atom stereocenters. The van der Waals surface area contributed by atoms with Crippen molar-refractivity contribution in [1.29, 1.82) is 5.26 Å². The van der Waals surface area contributed by atoms with Crippen molar-refractivity contribution < 1.29 is 32.8 Å². The highest BCUT2D eigenvalue weighted by atomic mass is 32.1. The lowest BCUT2D eigenvalue weighted by molar-refractivity contribution is -0.231. The number of carbonyl (C=O) groups is 1. The molecule has 2 fully saturated rings. The summed E-state index contributed by atoms with van der Waals surface area (Å²) in [7, 11) is -0.195. The number of aldehydes is 1. The van der Waals surface area contributed by atoms with Crippen molar-refractivity contribution in [1.82, 2.24) is 14.2 Å². The maximum Gasteiger partial charge on any atom is 0.330 e. The van der Waals surface area contributed by atoms with E-state index in [1.165, 1.54) is 16.8 Å². The van der Waals surface area contributed by atoms with Crippen LogP contribution in [0.1, 0.15) is 149 Å². The first-order valence-electron chi connectivity index (χ1n) is 18.3. The van der Waals surface area contributed by atoms with E-state index in [0.29, 0.717) is 11.3 Å². The number of nitriles is 1. The zero-order valence-electron chi connectivity index (χ0n) is 32.8. The van der Waals surface area contributed by atoms with Gasteiger partial charge in [-0.15, -0.1) is 0 Å². The van der Waals surface area contributed by atoms with Gasteiger partial charge in [0.2, 0.25) is 0 Å². The Hall–Kier alpha value is -3.81. The fourth-order valence-corrected chi connectivity index (χ4v) is 9.28. The van der Waals surface area contributed by atoms with Crippen LogP contribution in [0.5, 0.6) is 5.75 Å². The molecule has 4 aromatic rings. The van der Waals surface area contributed by atoms with Gasteiger partial charge in [-0.05, 0) is 63.4 Å². The van der Waals surface area contributed by atoms with Crippen LogP contribution >= 0.6 is 35.5 Å². The molecule has 3 aromatic carbocycles. The summed E-state index contributed by atoms with van der Waals surface area (Å²) in [6, 6.07) is 28.0. The topological polar surface area (TPSA) is 154 Å². The molecule has 1 aromatic heterocycles. The third-order valence-electron chi connectivity index (χ3n) is 10.1. The molecule has 13 nitrogen and oxygen atoms in total. The standard InChI is InChI=1S/C41H47N4O9P.10CH4.2H2S/c1-27(2)45(28(3)4)55(51-24-10-22-42)54-37-36-38(44-23-21-35(47)43-39(44)48)53-40(37,29(5)52-36)26-50-41(31-11-8-7-9-12-31,32-15-13-30(25-46)14-16-32)33-17-19-34(49-6)20-18-33;;;;;;;;;;;;/h7-9,11-21,23,25,27-29,36-38H,10,24,26H2,1-6H3,(H,43,47,48);10*1H4;2*1H2/t29-,36-,37+,38-,40+,41?,55?;;;;;;;;;;;;/m1............/s1. The Balaban J connectivity index is -0.000000600. The molecule has 0 aliphatic carbocycles. The van der Waals surface area contributed by atoms with Crippen molar-refractivity contribution in [2.45, 2.75) is 163 Å². The molecule has 16 heteroatoms. The second-order valence-corrected chi connectivity index (χ2v) is 15.5. The van der Waals surface area contributed by atoms with E-state index < -0.39 is 55.5 Å². The molecule has 6 rings (SSSR count). The summed E-state index contributed by atoms with van der Waals surface area (Å²) >= 11 is 0. The molecule has 2 saturated heterocycles. The molecule has 1 N–H and O–H groups in total. The second kappa shape index (κ2) is 33.6. The molecule has 2 aliphatic heterocycles. The van der Waals surface area contributed by atoms with Crippen molar-refractivity contribution in [3.63, 3.8) is 0 Å². The Bertz CT molecular complexity index is 2080. The number of benzene rings is 3. The summed E-state index contributed by atoms with van der Waals surface area (Å²) in [5, 5.41) is 9.37. The number of H-pyrrole nitrogens is 1. The van der Waals surface area contributed by atoms with Crippen LogP contribution in [-0.2, 0) is 28.9 Å². The molecular formula is C51H91N4O9PS2. The fourth-order valence-electron chi connectivity index (χ4n) is 7.49. The van der Waals surface area contributed by atoms with Crippen LogP contribution in [0.15, 0.2) is 101 Å². The molecule has 7 atom stereocenters. The van der Waals surface area contributed by atoms with Crippen LogP contribution in [0, 0.1) is 11.3 Å². The smallest absolute Gasteiger partial charge is 0.330 e. The summed E-state index contributed by atoms with van der Waals surface area (Å²) in [4.78, 5) is 39.5. The summed E-state index contributed by atoms with van der Waals surface area (Å²) in [6.45, 7) is 10.1. The number of carbonyl (C=O) groups excluding carboxylic acids is 1. The number of nitrogens with zero attached hydrogens (tertiary/aromatic N) is 3. The number of hydrogen-bond acceptors (Lipinski definition) is 11. The minimum absolute atomic E-state index is 0. The summed E-state index contributed by atoms with van der Waals surface area (Å²) in [5.41, 5.74) is -0.989. The lowest BCUT2D eigenvalue weighted by Crippen LogP contribution is -2.53. The fraction of sp³-hybridized carbons (Fsp3) is 0.529. The predicted molar refractivity (Wildman–Crippen MR) is 294 cm³/mol. The molecular weight excluding hydrogens is 908 g/mol. The number of ether oxygens (including phenoxy) is 4. The van der Waals surface area contributed by atoms with Gasteiger partial charge in [0.1, 0.15) is 35.4 Å². The number of hydrogen-bond donors (Lipinski definition) is 1. The normalized spacial score (nSPS) is 19.3. The monoisotopic (exact) mass is 999 g/mol. The average Bonchev–Trinajstić information content (AvgIpc) is 3.62. The molecule has 0 amide bonds. The van der Waals surface area contributed by atoms with Crippen molar-refractivity contribution in [3.05, 3.63) is 134 Å². The number of methoxy groups -OCH3 is 1. The van der Waals surface area contributed by atoms with Gasteiger partial charge < -0.3 is 28.0 Å². The van der Waals surface area contributed by atoms with Crippen molar-refractivity contribution >= 4 is 41.8 Å². The Labute approximate surface area is 421 Å². The third kappa shape index (κ3) is 15.6. The Morgan fingerprint density at radius 2 is 1.36 bits per heavy atom. The highest BCUT2D eigenvalue weighted by Gasteiger charge is 2.68. The molecule has 0 radical (unpaired) electrons. The minimum atomic E-state index is -1.80. The number of rotatable bonds is 17. The number of nitrogens with one attached hydrogen (secondary N) is 1. The number of fused-ring (bicyclic) bond motifs is 2. The Kier molecular flexibility index (Phi) is 38.9. The highest BCUT2D eigenvalue weighted by Crippen LogP contribution is 2.57. The largest absolute Gasteiger partial charge is 0.497 e. The van der Waals surface area contributed by atoms with Crippen molar-refractivity contribution in [2.24, 2.45) is 0 Å².